The van der Waals surface area contributed by atoms with E-state index >= 15 is 0 Å². The molecule has 0 aromatic carbocycles. The zero-order valence-corrected chi connectivity index (χ0v) is 11.2. The van der Waals surface area contributed by atoms with E-state index in [9.17, 15) is 4.79 Å². The quantitative estimate of drug-likeness (QED) is 0.818. The fourth-order valence-corrected chi connectivity index (χ4v) is 2.02. The molecule has 1 fully saturated rings. The molecule has 0 saturated carbocycles. The van der Waals surface area contributed by atoms with Crippen molar-refractivity contribution in [2.24, 2.45) is 5.92 Å². The molecule has 6 heteroatoms. The topological polar surface area (TPSA) is 72.5 Å². The second-order valence-corrected chi connectivity index (χ2v) is 4.35. The molecule has 1 aliphatic heterocycles. The largest absolute Gasteiger partial charge is 0.478 e. The van der Waals surface area contributed by atoms with Crippen LogP contribution >= 0.6 is 0 Å². The number of anilines is 1. The average Bonchev–Trinajstić information content (AvgIpc) is 2.90. The number of amides is 1. The van der Waals surface area contributed by atoms with Crippen LogP contribution < -0.4 is 15.4 Å². The van der Waals surface area contributed by atoms with Gasteiger partial charge in [-0.2, -0.15) is 0 Å². The predicted octanol–water partition coefficient (Wildman–Crippen LogP) is 0.653. The van der Waals surface area contributed by atoms with Crippen LogP contribution in [0.1, 0.15) is 6.92 Å². The minimum absolute atomic E-state index is 0.0530. The van der Waals surface area contributed by atoms with Crippen molar-refractivity contribution in [2.75, 3.05) is 32.2 Å². The summed E-state index contributed by atoms with van der Waals surface area (Å²) >= 11 is 0. The summed E-state index contributed by atoms with van der Waals surface area (Å²) in [6.07, 6.45) is 1.59. The Morgan fingerprint density at radius 1 is 1.53 bits per heavy atom. The smallest absolute Gasteiger partial charge is 0.231 e. The summed E-state index contributed by atoms with van der Waals surface area (Å²) in [4.78, 5) is 16.2. The highest BCUT2D eigenvalue weighted by Gasteiger charge is 2.32. The molecule has 2 heterocycles. The van der Waals surface area contributed by atoms with Gasteiger partial charge in [0.15, 0.2) is 0 Å². The maximum atomic E-state index is 12.1. The third kappa shape index (κ3) is 3.42. The minimum Gasteiger partial charge on any atom is -0.478 e. The number of carbonyl (C=O) groups is 1. The van der Waals surface area contributed by atoms with Gasteiger partial charge in [0.25, 0.3) is 0 Å². The lowest BCUT2D eigenvalue weighted by molar-refractivity contribution is -0.120. The van der Waals surface area contributed by atoms with Crippen molar-refractivity contribution in [1.82, 2.24) is 10.3 Å². The van der Waals surface area contributed by atoms with Crippen molar-refractivity contribution in [3.05, 3.63) is 18.3 Å². The van der Waals surface area contributed by atoms with Crippen molar-refractivity contribution >= 4 is 11.6 Å². The Morgan fingerprint density at radius 3 is 3.00 bits per heavy atom. The molecule has 2 unspecified atom stereocenters. The molecular formula is C13H19N3O3. The number of aromatic nitrogens is 1. The van der Waals surface area contributed by atoms with Gasteiger partial charge >= 0.3 is 0 Å². The van der Waals surface area contributed by atoms with Gasteiger partial charge in [0.2, 0.25) is 11.8 Å². The highest BCUT2D eigenvalue weighted by molar-refractivity contribution is 5.93. The van der Waals surface area contributed by atoms with Gasteiger partial charge in [-0.15, -0.1) is 0 Å². The van der Waals surface area contributed by atoms with Crippen LogP contribution in [0.2, 0.25) is 0 Å². The van der Waals surface area contributed by atoms with Crippen LogP contribution in [0.5, 0.6) is 5.88 Å². The number of nitrogens with zero attached hydrogens (tertiary/aromatic N) is 1. The zero-order chi connectivity index (χ0) is 13.7. The Balaban J connectivity index is 1.94. The molecule has 1 aromatic rings. The van der Waals surface area contributed by atoms with Crippen LogP contribution in [-0.2, 0) is 9.53 Å². The van der Waals surface area contributed by atoms with Gasteiger partial charge < -0.3 is 20.1 Å². The standard InChI is InChI=1S/C13H19N3O3/c1-3-19-12-5-4-9(6-15-12)16-13(17)10-7-18-8-11(10)14-2/h4-6,10-11,14H,3,7-8H2,1-2H3,(H,16,17). The molecule has 0 bridgehead atoms. The second kappa shape index (κ2) is 6.49. The lowest BCUT2D eigenvalue weighted by Gasteiger charge is -2.16. The number of pyridine rings is 1. The molecule has 104 valence electrons. The van der Waals surface area contributed by atoms with Crippen LogP contribution in [0.3, 0.4) is 0 Å². The van der Waals surface area contributed by atoms with E-state index in [1.54, 1.807) is 18.3 Å². The lowest BCUT2D eigenvalue weighted by Crippen LogP contribution is -2.39. The minimum atomic E-state index is -0.170. The number of rotatable bonds is 5. The summed E-state index contributed by atoms with van der Waals surface area (Å²) in [5, 5.41) is 5.93. The van der Waals surface area contributed by atoms with E-state index in [4.69, 9.17) is 9.47 Å². The molecule has 1 aromatic heterocycles. The summed E-state index contributed by atoms with van der Waals surface area (Å²) in [5.41, 5.74) is 0.662. The summed E-state index contributed by atoms with van der Waals surface area (Å²) in [5.74, 6) is 0.331. The number of carbonyl (C=O) groups excluding carboxylic acids is 1. The molecule has 2 rings (SSSR count). The molecule has 6 nitrogen and oxygen atoms in total. The van der Waals surface area contributed by atoms with Crippen LogP contribution in [0.15, 0.2) is 18.3 Å². The van der Waals surface area contributed by atoms with Gasteiger partial charge in [0.1, 0.15) is 0 Å². The number of hydrogen-bond donors (Lipinski definition) is 2. The van der Waals surface area contributed by atoms with Gasteiger partial charge in [-0.1, -0.05) is 0 Å². The Bertz CT molecular complexity index is 422. The fraction of sp³-hybridized carbons (Fsp3) is 0.538. The van der Waals surface area contributed by atoms with Gasteiger partial charge in [-0.3, -0.25) is 4.79 Å². The Labute approximate surface area is 112 Å². The van der Waals surface area contributed by atoms with E-state index in [0.29, 0.717) is 31.4 Å². The van der Waals surface area contributed by atoms with Crippen LogP contribution in [0.25, 0.3) is 0 Å². The van der Waals surface area contributed by atoms with E-state index in [0.717, 1.165) is 0 Å². The van der Waals surface area contributed by atoms with Crippen molar-refractivity contribution in [3.8, 4) is 5.88 Å². The predicted molar refractivity (Wildman–Crippen MR) is 71.2 cm³/mol. The van der Waals surface area contributed by atoms with E-state index in [-0.39, 0.29) is 17.9 Å². The molecule has 0 spiro atoms. The summed E-state index contributed by atoms with van der Waals surface area (Å²) in [6, 6.07) is 3.58. The van der Waals surface area contributed by atoms with Crippen molar-refractivity contribution in [3.63, 3.8) is 0 Å². The number of likely N-dealkylation sites (N-methyl/N-ethyl adjacent to an activating group) is 1. The molecule has 2 atom stereocenters. The highest BCUT2D eigenvalue weighted by atomic mass is 16.5. The van der Waals surface area contributed by atoms with Gasteiger partial charge in [0, 0.05) is 12.1 Å². The third-order valence-electron chi connectivity index (χ3n) is 3.08. The first-order valence-electron chi connectivity index (χ1n) is 6.39. The Kier molecular flexibility index (Phi) is 4.70. The Hall–Kier alpha value is -1.66. The summed E-state index contributed by atoms with van der Waals surface area (Å²) in [6.45, 7) is 3.48. The van der Waals surface area contributed by atoms with E-state index < -0.39 is 0 Å². The maximum absolute atomic E-state index is 12.1. The van der Waals surface area contributed by atoms with Crippen LogP contribution in [0, 0.1) is 5.92 Å². The summed E-state index contributed by atoms with van der Waals surface area (Å²) in [7, 11) is 1.83. The first kappa shape index (κ1) is 13.8. The van der Waals surface area contributed by atoms with Crippen molar-refractivity contribution in [2.45, 2.75) is 13.0 Å². The molecular weight excluding hydrogens is 246 g/mol. The first-order chi connectivity index (χ1) is 9.24. The number of hydrogen-bond acceptors (Lipinski definition) is 5. The second-order valence-electron chi connectivity index (χ2n) is 4.35. The summed E-state index contributed by atoms with van der Waals surface area (Å²) < 4.78 is 10.6. The van der Waals surface area contributed by atoms with E-state index in [1.807, 2.05) is 14.0 Å². The van der Waals surface area contributed by atoms with Gasteiger partial charge in [0.05, 0.1) is 37.6 Å². The van der Waals surface area contributed by atoms with E-state index in [2.05, 4.69) is 15.6 Å². The molecule has 1 saturated heterocycles. The SMILES string of the molecule is CCOc1ccc(NC(=O)C2COCC2NC)cn1. The fourth-order valence-electron chi connectivity index (χ4n) is 2.02. The molecule has 1 amide bonds. The van der Waals surface area contributed by atoms with Crippen molar-refractivity contribution < 1.29 is 14.3 Å². The molecule has 19 heavy (non-hydrogen) atoms. The third-order valence-corrected chi connectivity index (χ3v) is 3.08. The lowest BCUT2D eigenvalue weighted by atomic mass is 10.0. The highest BCUT2D eigenvalue weighted by Crippen LogP contribution is 2.17. The average molecular weight is 265 g/mol. The van der Waals surface area contributed by atoms with Crippen LogP contribution in [-0.4, -0.2) is 43.8 Å². The maximum Gasteiger partial charge on any atom is 0.231 e. The Morgan fingerprint density at radius 2 is 2.37 bits per heavy atom. The number of nitrogens with one attached hydrogen (secondary N) is 2. The monoisotopic (exact) mass is 265 g/mol. The molecule has 0 aliphatic carbocycles. The normalized spacial score (nSPS) is 22.2. The molecule has 0 radical (unpaired) electrons. The van der Waals surface area contributed by atoms with Gasteiger partial charge in [-0.05, 0) is 20.0 Å². The van der Waals surface area contributed by atoms with Gasteiger partial charge in [-0.25, -0.2) is 4.98 Å². The molecule has 1 aliphatic rings. The van der Waals surface area contributed by atoms with Crippen LogP contribution in [0.4, 0.5) is 5.69 Å². The first-order valence-corrected chi connectivity index (χ1v) is 6.39. The van der Waals surface area contributed by atoms with E-state index in [1.165, 1.54) is 0 Å². The number of ether oxygens (including phenoxy) is 2. The van der Waals surface area contributed by atoms with Crippen molar-refractivity contribution in [1.29, 1.82) is 0 Å². The zero-order valence-electron chi connectivity index (χ0n) is 11.2. The molecule has 2 N–H and O–H groups in total.